The van der Waals surface area contributed by atoms with Crippen LogP contribution in [0.4, 0.5) is 0 Å². The maximum Gasteiger partial charge on any atom is 0.337 e. The van der Waals surface area contributed by atoms with E-state index in [1.807, 2.05) is 38.1 Å². The summed E-state index contributed by atoms with van der Waals surface area (Å²) in [4.78, 5) is 29.2. The highest BCUT2D eigenvalue weighted by atomic mass is 32.1. The number of benzene rings is 1. The van der Waals surface area contributed by atoms with Crippen molar-refractivity contribution in [3.05, 3.63) is 57.0 Å². The van der Waals surface area contributed by atoms with Gasteiger partial charge in [-0.3, -0.25) is 9.36 Å². The van der Waals surface area contributed by atoms with E-state index < -0.39 is 5.97 Å². The van der Waals surface area contributed by atoms with Crippen molar-refractivity contribution in [1.82, 2.24) is 9.55 Å². The molecule has 0 aliphatic heterocycles. The van der Waals surface area contributed by atoms with Crippen molar-refractivity contribution in [2.75, 3.05) is 6.61 Å². The maximum atomic E-state index is 12.8. The van der Waals surface area contributed by atoms with E-state index in [9.17, 15) is 14.7 Å². The minimum absolute atomic E-state index is 0.0339. The van der Waals surface area contributed by atoms with Crippen LogP contribution in [0, 0.1) is 6.92 Å². The molecule has 0 spiro atoms. The molecule has 6 nitrogen and oxygen atoms in total. The molecule has 2 aromatic heterocycles. The van der Waals surface area contributed by atoms with Gasteiger partial charge in [-0.05, 0) is 31.9 Å². The largest absolute Gasteiger partial charge is 0.494 e. The molecule has 2 heterocycles. The van der Waals surface area contributed by atoms with Crippen LogP contribution in [0.25, 0.3) is 10.2 Å². The number of carboxylic acid groups (broad SMARTS) is 1. The van der Waals surface area contributed by atoms with E-state index in [0.717, 1.165) is 18.6 Å². The number of aromatic carboxylic acids is 1. The number of aromatic nitrogens is 2. The van der Waals surface area contributed by atoms with Gasteiger partial charge in [-0.2, -0.15) is 0 Å². The molecule has 1 aromatic carbocycles. The number of rotatable bonds is 8. The fourth-order valence-corrected chi connectivity index (χ4v) is 3.84. The van der Waals surface area contributed by atoms with E-state index in [1.165, 1.54) is 22.3 Å². The molecule has 0 aliphatic rings. The van der Waals surface area contributed by atoms with Gasteiger partial charge in [-0.25, -0.2) is 9.78 Å². The van der Waals surface area contributed by atoms with E-state index in [-0.39, 0.29) is 16.5 Å². The Morgan fingerprint density at radius 1 is 1.26 bits per heavy atom. The smallest absolute Gasteiger partial charge is 0.337 e. The number of carbonyl (C=O) groups is 1. The molecule has 0 saturated heterocycles. The summed E-state index contributed by atoms with van der Waals surface area (Å²) in [6, 6.07) is 7.89. The summed E-state index contributed by atoms with van der Waals surface area (Å²) in [5.74, 6) is 0.424. The Hall–Kier alpha value is -2.67. The fourth-order valence-electron chi connectivity index (χ4n) is 2.92. The number of ether oxygens (including phenoxy) is 1. The van der Waals surface area contributed by atoms with Gasteiger partial charge >= 0.3 is 5.97 Å². The topological polar surface area (TPSA) is 81.4 Å². The van der Waals surface area contributed by atoms with Crippen LogP contribution in [-0.2, 0) is 13.0 Å². The average molecular weight is 386 g/mol. The Balaban J connectivity index is 1.69. The molecule has 0 atom stereocenters. The van der Waals surface area contributed by atoms with Crippen LogP contribution < -0.4 is 10.3 Å². The highest BCUT2D eigenvalue weighted by molar-refractivity contribution is 7.17. The van der Waals surface area contributed by atoms with Gasteiger partial charge in [0.25, 0.3) is 5.56 Å². The van der Waals surface area contributed by atoms with E-state index in [0.29, 0.717) is 30.2 Å². The van der Waals surface area contributed by atoms with E-state index in [2.05, 4.69) is 4.98 Å². The first-order valence-electron chi connectivity index (χ1n) is 8.95. The van der Waals surface area contributed by atoms with E-state index in [4.69, 9.17) is 4.74 Å². The van der Waals surface area contributed by atoms with Crippen LogP contribution in [-0.4, -0.2) is 27.2 Å². The number of unbranched alkanes of at least 4 members (excludes halogenated alkanes) is 1. The van der Waals surface area contributed by atoms with Crippen LogP contribution >= 0.6 is 11.3 Å². The van der Waals surface area contributed by atoms with Gasteiger partial charge in [-0.15, -0.1) is 11.3 Å². The molecule has 0 saturated carbocycles. The minimum atomic E-state index is -1.09. The zero-order valence-electron chi connectivity index (χ0n) is 15.4. The third-order valence-corrected chi connectivity index (χ3v) is 5.26. The molecular weight excluding hydrogens is 364 g/mol. The monoisotopic (exact) mass is 386 g/mol. The minimum Gasteiger partial charge on any atom is -0.494 e. The number of hydrogen-bond donors (Lipinski definition) is 1. The van der Waals surface area contributed by atoms with Crippen LogP contribution in [0.15, 0.2) is 34.4 Å². The number of carboxylic acids is 1. The fraction of sp³-hybridized carbons (Fsp3) is 0.350. The Bertz CT molecular complexity index is 1010. The molecule has 0 unspecified atom stereocenters. The molecule has 3 rings (SSSR count). The van der Waals surface area contributed by atoms with Gasteiger partial charge < -0.3 is 9.84 Å². The second kappa shape index (κ2) is 8.35. The number of aryl methyl sites for hydroxylation is 2. The van der Waals surface area contributed by atoms with Crippen LogP contribution in [0.3, 0.4) is 0 Å². The van der Waals surface area contributed by atoms with Crippen molar-refractivity contribution < 1.29 is 14.6 Å². The average Bonchev–Trinajstić information content (AvgIpc) is 3.09. The molecule has 3 aromatic rings. The van der Waals surface area contributed by atoms with Gasteiger partial charge in [0.05, 0.1) is 17.6 Å². The molecule has 1 N–H and O–H groups in total. The SMILES string of the molecule is CCc1nc2scc(C(=O)O)c2c(=O)n1CCCCOc1ccc(C)cc1. The lowest BCUT2D eigenvalue weighted by atomic mass is 10.2. The molecule has 0 bridgehead atoms. The predicted octanol–water partition coefficient (Wildman–Crippen LogP) is 3.89. The second-order valence-electron chi connectivity index (χ2n) is 6.34. The molecule has 0 fully saturated rings. The van der Waals surface area contributed by atoms with Gasteiger partial charge in [0.2, 0.25) is 0 Å². The standard InChI is InChI=1S/C20H22N2O4S/c1-3-16-21-18-17(15(12-27-18)20(24)25)19(23)22(16)10-4-5-11-26-14-8-6-13(2)7-9-14/h6-9,12H,3-5,10-11H2,1-2H3,(H,24,25). The quantitative estimate of drug-likeness (QED) is 0.594. The summed E-state index contributed by atoms with van der Waals surface area (Å²) in [6.07, 6.45) is 2.15. The summed E-state index contributed by atoms with van der Waals surface area (Å²) in [5.41, 5.74) is 0.951. The maximum absolute atomic E-state index is 12.8. The van der Waals surface area contributed by atoms with E-state index >= 15 is 0 Å². The van der Waals surface area contributed by atoms with Crippen molar-refractivity contribution in [1.29, 1.82) is 0 Å². The zero-order chi connectivity index (χ0) is 19.4. The second-order valence-corrected chi connectivity index (χ2v) is 7.20. The Labute approximate surface area is 161 Å². The van der Waals surface area contributed by atoms with Crippen molar-refractivity contribution in [3.8, 4) is 5.75 Å². The number of thiophene rings is 1. The molecular formula is C20H22N2O4S. The van der Waals surface area contributed by atoms with Gasteiger partial charge in [-0.1, -0.05) is 24.6 Å². The third kappa shape index (κ3) is 4.19. The molecule has 7 heteroatoms. The van der Waals surface area contributed by atoms with Crippen molar-refractivity contribution in [2.45, 2.75) is 39.7 Å². The Morgan fingerprint density at radius 2 is 2.00 bits per heavy atom. The van der Waals surface area contributed by atoms with E-state index in [1.54, 1.807) is 4.57 Å². The van der Waals surface area contributed by atoms with Crippen molar-refractivity contribution in [2.24, 2.45) is 0 Å². The summed E-state index contributed by atoms with van der Waals surface area (Å²) in [5, 5.41) is 11.0. The molecule has 0 aliphatic carbocycles. The lowest BCUT2D eigenvalue weighted by Crippen LogP contribution is -2.26. The highest BCUT2D eigenvalue weighted by Crippen LogP contribution is 2.22. The van der Waals surface area contributed by atoms with Crippen LogP contribution in [0.2, 0.25) is 0 Å². The molecule has 142 valence electrons. The number of fused-ring (bicyclic) bond motifs is 1. The first kappa shape index (κ1) is 19.1. The first-order valence-corrected chi connectivity index (χ1v) is 9.83. The summed E-state index contributed by atoms with van der Waals surface area (Å²) in [6.45, 7) is 5.03. The number of nitrogens with zero attached hydrogens (tertiary/aromatic N) is 2. The summed E-state index contributed by atoms with van der Waals surface area (Å²) >= 11 is 1.20. The molecule has 27 heavy (non-hydrogen) atoms. The molecule has 0 amide bonds. The first-order chi connectivity index (χ1) is 13.0. The van der Waals surface area contributed by atoms with Gasteiger partial charge in [0.15, 0.2) is 0 Å². The molecule has 0 radical (unpaired) electrons. The Kier molecular flexibility index (Phi) is 5.91. The van der Waals surface area contributed by atoms with Crippen molar-refractivity contribution >= 4 is 27.5 Å². The van der Waals surface area contributed by atoms with Gasteiger partial charge in [0, 0.05) is 18.3 Å². The predicted molar refractivity (Wildman–Crippen MR) is 106 cm³/mol. The summed E-state index contributed by atoms with van der Waals surface area (Å²) in [7, 11) is 0. The van der Waals surface area contributed by atoms with Crippen LogP contribution in [0.1, 0.15) is 41.5 Å². The van der Waals surface area contributed by atoms with Crippen molar-refractivity contribution in [3.63, 3.8) is 0 Å². The van der Waals surface area contributed by atoms with Gasteiger partial charge in [0.1, 0.15) is 16.4 Å². The lowest BCUT2D eigenvalue weighted by molar-refractivity contribution is 0.0699. The number of hydrogen-bond acceptors (Lipinski definition) is 5. The van der Waals surface area contributed by atoms with Crippen LogP contribution in [0.5, 0.6) is 5.75 Å². The Morgan fingerprint density at radius 3 is 2.67 bits per heavy atom. The summed E-state index contributed by atoms with van der Waals surface area (Å²) < 4.78 is 7.32. The zero-order valence-corrected chi connectivity index (χ0v) is 16.2. The lowest BCUT2D eigenvalue weighted by Gasteiger charge is -2.12. The normalized spacial score (nSPS) is 11.0. The highest BCUT2D eigenvalue weighted by Gasteiger charge is 2.18. The third-order valence-electron chi connectivity index (χ3n) is 4.39.